The van der Waals surface area contributed by atoms with Gasteiger partial charge in [0.25, 0.3) is 0 Å². The van der Waals surface area contributed by atoms with Crippen molar-refractivity contribution in [2.45, 2.75) is 26.3 Å². The fourth-order valence-electron chi connectivity index (χ4n) is 1.99. The lowest BCUT2D eigenvalue weighted by molar-refractivity contribution is 0.205. The van der Waals surface area contributed by atoms with Crippen molar-refractivity contribution in [3.8, 4) is 0 Å². The van der Waals surface area contributed by atoms with Gasteiger partial charge < -0.3 is 15.4 Å². The van der Waals surface area contributed by atoms with Gasteiger partial charge in [0.15, 0.2) is 0 Å². The molecule has 2 N–H and O–H groups in total. The Bertz CT molecular complexity index is 326. The maximum atomic E-state index is 5.89. The highest BCUT2D eigenvalue weighted by atomic mass is 16.5. The van der Waals surface area contributed by atoms with Crippen LogP contribution in [0.5, 0.6) is 0 Å². The first-order chi connectivity index (χ1) is 8.19. The Balaban J connectivity index is 2.85. The summed E-state index contributed by atoms with van der Waals surface area (Å²) in [4.78, 5) is 2.33. The molecule has 0 aliphatic heterocycles. The number of anilines is 1. The molecule has 3 heteroatoms. The fraction of sp³-hybridized carbons (Fsp3) is 0.571. The lowest BCUT2D eigenvalue weighted by Gasteiger charge is -2.26. The number of likely N-dealkylation sites (N-methyl/N-ethyl adjacent to an activating group) is 1. The Kier molecular flexibility index (Phi) is 6.01. The van der Waals surface area contributed by atoms with Crippen LogP contribution in [0.4, 0.5) is 5.69 Å². The van der Waals surface area contributed by atoms with Gasteiger partial charge in [0.2, 0.25) is 0 Å². The minimum Gasteiger partial charge on any atom is -0.383 e. The van der Waals surface area contributed by atoms with Gasteiger partial charge in [-0.25, -0.2) is 0 Å². The molecular formula is C14H24N2O. The van der Waals surface area contributed by atoms with Crippen molar-refractivity contribution in [1.29, 1.82) is 0 Å². The van der Waals surface area contributed by atoms with Crippen molar-refractivity contribution >= 4 is 5.69 Å². The minimum atomic E-state index is 0.192. The first-order valence-electron chi connectivity index (χ1n) is 6.26. The van der Waals surface area contributed by atoms with E-state index in [-0.39, 0.29) is 6.04 Å². The van der Waals surface area contributed by atoms with Crippen LogP contribution in [0, 0.1) is 0 Å². The lowest BCUT2D eigenvalue weighted by Crippen LogP contribution is -2.29. The Morgan fingerprint density at radius 2 is 2.06 bits per heavy atom. The van der Waals surface area contributed by atoms with E-state index in [2.05, 4.69) is 36.1 Å². The van der Waals surface area contributed by atoms with Gasteiger partial charge in [0, 0.05) is 31.9 Å². The van der Waals surface area contributed by atoms with Gasteiger partial charge in [-0.1, -0.05) is 18.2 Å². The van der Waals surface area contributed by atoms with Crippen molar-refractivity contribution in [3.05, 3.63) is 29.8 Å². The lowest BCUT2D eigenvalue weighted by atomic mass is 10.0. The molecule has 0 bridgehead atoms. The van der Waals surface area contributed by atoms with Crippen molar-refractivity contribution in [3.63, 3.8) is 0 Å². The molecule has 17 heavy (non-hydrogen) atoms. The second kappa shape index (κ2) is 7.30. The number of benzene rings is 1. The van der Waals surface area contributed by atoms with Gasteiger partial charge in [-0.05, 0) is 31.9 Å². The summed E-state index contributed by atoms with van der Waals surface area (Å²) in [5.74, 6) is 0. The van der Waals surface area contributed by atoms with Gasteiger partial charge in [-0.15, -0.1) is 0 Å². The third kappa shape index (κ3) is 4.36. The van der Waals surface area contributed by atoms with Gasteiger partial charge in [0.05, 0.1) is 6.61 Å². The highest BCUT2D eigenvalue weighted by Crippen LogP contribution is 2.21. The molecular weight excluding hydrogens is 212 g/mol. The minimum absolute atomic E-state index is 0.192. The summed E-state index contributed by atoms with van der Waals surface area (Å²) < 4.78 is 5.15. The first kappa shape index (κ1) is 14.0. The van der Waals surface area contributed by atoms with Gasteiger partial charge in [0.1, 0.15) is 0 Å². The number of ether oxygens (including phenoxy) is 1. The topological polar surface area (TPSA) is 38.5 Å². The highest BCUT2D eigenvalue weighted by molar-refractivity contribution is 5.53. The third-order valence-corrected chi connectivity index (χ3v) is 2.82. The summed E-state index contributed by atoms with van der Waals surface area (Å²) in [6.45, 7) is 6.86. The van der Waals surface area contributed by atoms with E-state index in [0.717, 1.165) is 26.1 Å². The quantitative estimate of drug-likeness (QED) is 0.787. The molecule has 1 atom stereocenters. The van der Waals surface area contributed by atoms with Crippen LogP contribution in [0.2, 0.25) is 0 Å². The molecule has 0 amide bonds. The maximum Gasteiger partial charge on any atom is 0.0637 e. The fourth-order valence-corrected chi connectivity index (χ4v) is 1.99. The van der Waals surface area contributed by atoms with Gasteiger partial charge in [-0.2, -0.15) is 0 Å². The molecule has 1 unspecified atom stereocenters. The van der Waals surface area contributed by atoms with E-state index in [0.29, 0.717) is 0 Å². The van der Waals surface area contributed by atoms with E-state index in [1.54, 1.807) is 7.11 Å². The number of rotatable bonds is 7. The standard InChI is InChI=1S/C14H24N2O/c1-4-16(9-10-17-3)14-8-6-5-7-13(14)11-12(2)15/h5-8,12H,4,9-11,15H2,1-3H3. The summed E-state index contributed by atoms with van der Waals surface area (Å²) in [5, 5.41) is 0. The van der Waals surface area contributed by atoms with Crippen LogP contribution in [-0.2, 0) is 11.2 Å². The number of methoxy groups -OCH3 is 1. The zero-order chi connectivity index (χ0) is 12.7. The maximum absolute atomic E-state index is 5.89. The second-order valence-corrected chi connectivity index (χ2v) is 4.38. The first-order valence-corrected chi connectivity index (χ1v) is 6.26. The molecule has 0 saturated heterocycles. The van der Waals surface area contributed by atoms with Crippen molar-refractivity contribution in [2.24, 2.45) is 5.73 Å². The molecule has 0 saturated carbocycles. The van der Waals surface area contributed by atoms with E-state index in [1.807, 2.05) is 6.92 Å². The average Bonchev–Trinajstić information content (AvgIpc) is 2.31. The SMILES string of the molecule is CCN(CCOC)c1ccccc1CC(C)N. The van der Waals surface area contributed by atoms with Crippen LogP contribution >= 0.6 is 0 Å². The molecule has 0 aliphatic carbocycles. The molecule has 0 fully saturated rings. The summed E-state index contributed by atoms with van der Waals surface area (Å²) in [7, 11) is 1.74. The Labute approximate surface area is 105 Å². The van der Waals surface area contributed by atoms with E-state index >= 15 is 0 Å². The highest BCUT2D eigenvalue weighted by Gasteiger charge is 2.10. The summed E-state index contributed by atoms with van der Waals surface area (Å²) in [5.41, 5.74) is 8.49. The molecule has 1 rings (SSSR count). The summed E-state index contributed by atoms with van der Waals surface area (Å²) in [6.07, 6.45) is 0.916. The van der Waals surface area contributed by atoms with E-state index in [1.165, 1.54) is 11.3 Å². The van der Waals surface area contributed by atoms with Crippen LogP contribution in [-0.4, -0.2) is 32.8 Å². The Morgan fingerprint density at radius 3 is 2.65 bits per heavy atom. The third-order valence-electron chi connectivity index (χ3n) is 2.82. The van der Waals surface area contributed by atoms with Crippen molar-refractivity contribution in [2.75, 3.05) is 31.7 Å². The molecule has 1 aromatic carbocycles. The molecule has 0 heterocycles. The molecule has 3 nitrogen and oxygen atoms in total. The zero-order valence-electron chi connectivity index (χ0n) is 11.1. The zero-order valence-corrected chi connectivity index (χ0v) is 11.1. The van der Waals surface area contributed by atoms with Gasteiger partial charge >= 0.3 is 0 Å². The average molecular weight is 236 g/mol. The Hall–Kier alpha value is -1.06. The normalized spacial score (nSPS) is 12.5. The van der Waals surface area contributed by atoms with Crippen LogP contribution in [0.15, 0.2) is 24.3 Å². The molecule has 0 aliphatic rings. The predicted octanol–water partition coefficient (Wildman–Crippen LogP) is 2.05. The Morgan fingerprint density at radius 1 is 1.35 bits per heavy atom. The molecule has 0 aromatic heterocycles. The van der Waals surface area contributed by atoms with Crippen LogP contribution in [0.3, 0.4) is 0 Å². The summed E-state index contributed by atoms with van der Waals surface area (Å²) >= 11 is 0. The molecule has 0 spiro atoms. The van der Waals surface area contributed by atoms with E-state index in [9.17, 15) is 0 Å². The summed E-state index contributed by atoms with van der Waals surface area (Å²) in [6, 6.07) is 8.67. The number of para-hydroxylation sites is 1. The molecule has 1 aromatic rings. The molecule has 0 radical (unpaired) electrons. The van der Waals surface area contributed by atoms with E-state index in [4.69, 9.17) is 10.5 Å². The van der Waals surface area contributed by atoms with E-state index < -0.39 is 0 Å². The number of hydrogen-bond donors (Lipinski definition) is 1. The number of hydrogen-bond acceptors (Lipinski definition) is 3. The van der Waals surface area contributed by atoms with Crippen molar-refractivity contribution < 1.29 is 4.74 Å². The van der Waals surface area contributed by atoms with Crippen LogP contribution < -0.4 is 10.6 Å². The van der Waals surface area contributed by atoms with Crippen LogP contribution in [0.1, 0.15) is 19.4 Å². The van der Waals surface area contributed by atoms with Gasteiger partial charge in [-0.3, -0.25) is 0 Å². The van der Waals surface area contributed by atoms with Crippen LogP contribution in [0.25, 0.3) is 0 Å². The number of nitrogens with zero attached hydrogens (tertiary/aromatic N) is 1. The molecule has 96 valence electrons. The largest absolute Gasteiger partial charge is 0.383 e. The monoisotopic (exact) mass is 236 g/mol. The number of nitrogens with two attached hydrogens (primary N) is 1. The predicted molar refractivity (Wildman–Crippen MR) is 73.6 cm³/mol. The smallest absolute Gasteiger partial charge is 0.0637 e. The van der Waals surface area contributed by atoms with Crippen molar-refractivity contribution in [1.82, 2.24) is 0 Å². The second-order valence-electron chi connectivity index (χ2n) is 4.38.